The molecular formula is C44H45F3N2O17P2. The second-order valence-electron chi connectivity index (χ2n) is 17.9. The van der Waals surface area contributed by atoms with Crippen molar-refractivity contribution in [2.45, 2.75) is 81.9 Å². The molecule has 3 amide bonds. The maximum Gasteiger partial charge on any atom is 0.481 e. The highest BCUT2D eigenvalue weighted by Crippen LogP contribution is 2.73. The van der Waals surface area contributed by atoms with Crippen LogP contribution >= 0.6 is 15.6 Å². The van der Waals surface area contributed by atoms with E-state index in [1.165, 1.54) is 44.2 Å². The molecule has 4 aliphatic carbocycles. The second kappa shape index (κ2) is 17.8. The van der Waals surface area contributed by atoms with Crippen LogP contribution in [0.25, 0.3) is 0 Å². The molecule has 5 N–H and O–H groups in total. The quantitative estimate of drug-likeness (QED) is 0.0873. The summed E-state index contributed by atoms with van der Waals surface area (Å²) in [6.45, 7) is 0.262. The summed E-state index contributed by atoms with van der Waals surface area (Å²) < 4.78 is 101. The maximum absolute atomic E-state index is 17.9. The molecule has 24 heteroatoms. The van der Waals surface area contributed by atoms with Gasteiger partial charge in [-0.15, -0.1) is 0 Å². The van der Waals surface area contributed by atoms with Gasteiger partial charge in [0.2, 0.25) is 5.91 Å². The first-order valence-electron chi connectivity index (χ1n) is 21.3. The van der Waals surface area contributed by atoms with Crippen LogP contribution in [0, 0.1) is 28.5 Å². The van der Waals surface area contributed by atoms with Crippen molar-refractivity contribution < 1.29 is 93.9 Å². The smallest absolute Gasteiger partial charge is 0.478 e. The van der Waals surface area contributed by atoms with E-state index >= 15 is 8.78 Å². The van der Waals surface area contributed by atoms with Gasteiger partial charge in [-0.25, -0.2) is 32.0 Å². The molecule has 0 bridgehead atoms. The van der Waals surface area contributed by atoms with Crippen LogP contribution in [0.2, 0.25) is 0 Å². The Morgan fingerprint density at radius 3 is 2.37 bits per heavy atom. The number of carboxylic acid groups (broad SMARTS) is 1. The molecule has 3 saturated carbocycles. The molecule has 2 aliphatic heterocycles. The van der Waals surface area contributed by atoms with Crippen molar-refractivity contribution in [2.75, 3.05) is 24.7 Å². The highest BCUT2D eigenvalue weighted by Gasteiger charge is 2.80. The number of carbonyl (C=O) groups is 6. The molecule has 1 saturated heterocycles. The zero-order chi connectivity index (χ0) is 49.4. The van der Waals surface area contributed by atoms with Crippen molar-refractivity contribution in [2.24, 2.45) is 22.7 Å². The number of hydrogen-bond donors (Lipinski definition) is 5. The van der Waals surface area contributed by atoms with Gasteiger partial charge in [0.1, 0.15) is 18.6 Å². The zero-order valence-electron chi connectivity index (χ0n) is 36.1. The molecule has 364 valence electrons. The molecule has 0 radical (unpaired) electrons. The minimum atomic E-state index is -5.70. The number of phosphoric acid groups is 2. The third-order valence-corrected chi connectivity index (χ3v) is 16.8. The van der Waals surface area contributed by atoms with Crippen molar-refractivity contribution >= 4 is 56.6 Å². The topological polar surface area (TPSA) is 279 Å². The van der Waals surface area contributed by atoms with E-state index in [1.807, 2.05) is 0 Å². The number of hydrogen-bond acceptors (Lipinski definition) is 14. The fourth-order valence-electron chi connectivity index (χ4n) is 11.1. The summed E-state index contributed by atoms with van der Waals surface area (Å²) in [6, 6.07) is 8.78. The van der Waals surface area contributed by atoms with E-state index < -0.39 is 148 Å². The molecule has 12 atom stereocenters. The van der Waals surface area contributed by atoms with Crippen molar-refractivity contribution in [3.63, 3.8) is 0 Å². The first-order valence-corrected chi connectivity index (χ1v) is 24.3. The number of alkyl halides is 2. The molecule has 2 unspecified atom stereocenters. The van der Waals surface area contributed by atoms with E-state index in [1.54, 1.807) is 0 Å². The number of anilines is 1. The normalized spacial score (nSPS) is 34.3. The van der Waals surface area contributed by atoms with Crippen LogP contribution < -0.4 is 10.2 Å². The Balaban J connectivity index is 0.913. The van der Waals surface area contributed by atoms with Crippen LogP contribution in [0.3, 0.4) is 0 Å². The molecular weight excluding hydrogens is 947 g/mol. The van der Waals surface area contributed by atoms with Gasteiger partial charge in [0.25, 0.3) is 11.8 Å². The monoisotopic (exact) mass is 992 g/mol. The lowest BCUT2D eigenvalue weighted by molar-refractivity contribution is -0.235. The summed E-state index contributed by atoms with van der Waals surface area (Å²) in [5.74, 6) is -8.04. The minimum absolute atomic E-state index is 0.00801. The van der Waals surface area contributed by atoms with E-state index in [4.69, 9.17) is 18.5 Å². The molecule has 6 aliphatic rings. The Hall–Kier alpha value is -4.99. The van der Waals surface area contributed by atoms with Gasteiger partial charge in [-0.1, -0.05) is 31.2 Å². The van der Waals surface area contributed by atoms with E-state index in [2.05, 4.69) is 9.63 Å². The molecule has 4 fully saturated rings. The van der Waals surface area contributed by atoms with Gasteiger partial charge in [-0.05, 0) is 86.1 Å². The number of phosphoric ester groups is 2. The number of amides is 3. The van der Waals surface area contributed by atoms with Gasteiger partial charge in [-0.2, -0.15) is 4.31 Å². The molecule has 68 heavy (non-hydrogen) atoms. The van der Waals surface area contributed by atoms with Crippen molar-refractivity contribution in [1.29, 1.82) is 0 Å². The number of fused-ring (bicyclic) bond motifs is 7. The van der Waals surface area contributed by atoms with Gasteiger partial charge in [0.05, 0.1) is 30.1 Å². The number of allylic oxidation sites excluding steroid dienone is 4. The van der Waals surface area contributed by atoms with E-state index in [0.717, 1.165) is 47.4 Å². The van der Waals surface area contributed by atoms with Crippen LogP contribution in [0.1, 0.15) is 67.3 Å². The van der Waals surface area contributed by atoms with Crippen molar-refractivity contribution in [3.05, 3.63) is 101 Å². The fraction of sp³-hybridized carbons (Fsp3) is 0.455. The van der Waals surface area contributed by atoms with Gasteiger partial charge in [0, 0.05) is 47.4 Å². The Morgan fingerprint density at radius 1 is 0.971 bits per heavy atom. The van der Waals surface area contributed by atoms with E-state index in [-0.39, 0.29) is 47.2 Å². The van der Waals surface area contributed by atoms with Crippen LogP contribution in [0.15, 0.2) is 78.4 Å². The number of ketones is 2. The summed E-state index contributed by atoms with van der Waals surface area (Å²) in [7, 11) is -11.2. The third-order valence-electron chi connectivity index (χ3n) is 14.2. The third kappa shape index (κ3) is 8.37. The number of nitrogens with one attached hydrogen (secondary N) is 1. The van der Waals surface area contributed by atoms with Crippen molar-refractivity contribution in [3.8, 4) is 0 Å². The van der Waals surface area contributed by atoms with Crippen molar-refractivity contribution in [1.82, 2.24) is 5.32 Å². The Labute approximate surface area is 385 Å². The molecule has 0 aromatic heterocycles. The number of benzene rings is 2. The number of Topliss-reactive ketones (excluding diaryl/α,β-unsaturated/α-hetero) is 1. The lowest BCUT2D eigenvalue weighted by Crippen LogP contribution is -2.70. The number of aromatic carboxylic acids is 1. The zero-order valence-corrected chi connectivity index (χ0v) is 37.9. The number of aliphatic hydroxyl groups is 1. The minimum Gasteiger partial charge on any atom is -0.478 e. The van der Waals surface area contributed by atoms with Crippen LogP contribution in [-0.2, 0) is 62.4 Å². The SMILES string of the molecule is C[C@]12C=CC(=O)C=C1[C@@H](F)C[C@H]1[C@@H]3C[C@H]4O[C@@H](c5cccc(F)c5)O[C@@]4(C(=O)COP(=O)(O)OP(=O)(O)OCCNC(=O)CCc4ccc(N5C(=O)C=CC5=O)cc4C(=O)O)[C@@]3(C)C[C@H](O)[C@@]12F. The molecule has 2 heterocycles. The van der Waals surface area contributed by atoms with Gasteiger partial charge >= 0.3 is 21.6 Å². The number of carboxylic acids is 1. The summed E-state index contributed by atoms with van der Waals surface area (Å²) in [5, 5.41) is 23.9. The summed E-state index contributed by atoms with van der Waals surface area (Å²) in [5.41, 5.74) is -8.34. The number of halogens is 3. The number of imide groups is 1. The number of rotatable bonds is 16. The lowest BCUT2D eigenvalue weighted by atomic mass is 9.44. The first kappa shape index (κ1) is 49.4. The van der Waals surface area contributed by atoms with Crippen LogP contribution in [-0.4, -0.2) is 105 Å². The Bertz CT molecular complexity index is 2680. The Kier molecular flexibility index (Phi) is 12.9. The fourth-order valence-corrected chi connectivity index (χ4v) is 13.2. The highest BCUT2D eigenvalue weighted by molar-refractivity contribution is 7.61. The van der Waals surface area contributed by atoms with E-state index in [0.29, 0.717) is 0 Å². The standard InChI is InChI=1S/C44H45F3N2O17P2/c1-41-13-12-27(50)18-31(41)32(46)19-30-29-20-35-44(42(29,2)21-33(51)43(30,41)47,65-40(64-35)24-4-3-5-25(45)16-24)34(52)22-63-68(60,61)66-67(58,59)62-15-14-48-36(53)9-7-23-6-8-26(17-28(23)39(56)57)49-37(54)10-11-38(49)55/h3-6,8,10-13,16-18,29-30,32-33,35,40,51H,7,9,14-15,19-22H2,1-2H3,(H,48,53)(H,56,57)(H,58,59)(H,60,61)/t29-,30-,32-,33-,35+,40+,41-,42-,43-,44+/m0/s1. The molecule has 19 nitrogen and oxygen atoms in total. The lowest BCUT2D eigenvalue weighted by Gasteiger charge is -2.63. The number of aliphatic hydroxyl groups excluding tert-OH is 1. The molecule has 0 spiro atoms. The van der Waals surface area contributed by atoms with Crippen LogP contribution in [0.4, 0.5) is 18.9 Å². The van der Waals surface area contributed by atoms with Crippen LogP contribution in [0.5, 0.6) is 0 Å². The first-order chi connectivity index (χ1) is 31.9. The number of ether oxygens (including phenoxy) is 2. The maximum atomic E-state index is 17.9. The van der Waals surface area contributed by atoms with E-state index in [9.17, 15) is 62.3 Å². The summed E-state index contributed by atoms with van der Waals surface area (Å²) in [4.78, 5) is 97.0. The van der Waals surface area contributed by atoms with Gasteiger partial charge in [-0.3, -0.25) is 33.0 Å². The second-order valence-corrected chi connectivity index (χ2v) is 20.9. The predicted octanol–water partition coefficient (Wildman–Crippen LogP) is 4.60. The number of aryl methyl sites for hydroxylation is 1. The summed E-state index contributed by atoms with van der Waals surface area (Å²) >= 11 is 0. The number of nitrogens with zero attached hydrogens (tertiary/aromatic N) is 1. The average molecular weight is 993 g/mol. The molecule has 2 aromatic rings. The number of carbonyl (C=O) groups excluding carboxylic acids is 5. The highest BCUT2D eigenvalue weighted by atomic mass is 31.3. The molecule has 8 rings (SSSR count). The summed E-state index contributed by atoms with van der Waals surface area (Å²) in [6.07, 6.45) is -2.71. The largest absolute Gasteiger partial charge is 0.481 e. The Morgan fingerprint density at radius 2 is 1.68 bits per heavy atom. The van der Waals surface area contributed by atoms with Gasteiger partial charge in [0.15, 0.2) is 29.1 Å². The predicted molar refractivity (Wildman–Crippen MR) is 226 cm³/mol. The van der Waals surface area contributed by atoms with Gasteiger partial charge < -0.3 is 34.8 Å². The average Bonchev–Trinajstić information content (AvgIpc) is 3.90. The molecule has 2 aromatic carbocycles.